The summed E-state index contributed by atoms with van der Waals surface area (Å²) in [6.07, 6.45) is 5.71. The van der Waals surface area contributed by atoms with Gasteiger partial charge in [-0.3, -0.25) is 0 Å². The quantitative estimate of drug-likeness (QED) is 0.598. The van der Waals surface area contributed by atoms with Crippen LogP contribution in [-0.2, 0) is 10.3 Å². The molecule has 0 amide bonds. The van der Waals surface area contributed by atoms with Crippen molar-refractivity contribution < 1.29 is 14.3 Å². The van der Waals surface area contributed by atoms with E-state index in [0.717, 1.165) is 52.8 Å². The van der Waals surface area contributed by atoms with E-state index in [1.54, 1.807) is 6.08 Å². The van der Waals surface area contributed by atoms with Gasteiger partial charge in [-0.15, -0.1) is 0 Å². The minimum Gasteiger partial charge on any atom is -0.454 e. The molecule has 0 atom stereocenters. The van der Waals surface area contributed by atoms with Crippen LogP contribution < -0.4 is 9.47 Å². The molecule has 1 aliphatic heterocycles. The summed E-state index contributed by atoms with van der Waals surface area (Å²) in [5.41, 5.74) is 1.78. The number of hydrogen-bond acceptors (Lipinski definition) is 4. The Bertz CT molecular complexity index is 614. The van der Waals surface area contributed by atoms with E-state index in [0.29, 0.717) is 5.92 Å². The lowest BCUT2D eigenvalue weighted by molar-refractivity contribution is 0.173. The summed E-state index contributed by atoms with van der Waals surface area (Å²) in [4.78, 5) is 15.2. The lowest BCUT2D eigenvalue weighted by Crippen LogP contribution is -2.22. The summed E-state index contributed by atoms with van der Waals surface area (Å²) in [7, 11) is 0. The topological polar surface area (TPSA) is 47.9 Å². The van der Waals surface area contributed by atoms with Gasteiger partial charge in [0, 0.05) is 0 Å². The number of ether oxygens (including phenoxy) is 2. The van der Waals surface area contributed by atoms with E-state index in [1.165, 1.54) is 0 Å². The van der Waals surface area contributed by atoms with Gasteiger partial charge in [0.2, 0.25) is 12.9 Å². The highest BCUT2D eigenvalue weighted by Gasteiger charge is 2.40. The molecule has 0 aromatic heterocycles. The van der Waals surface area contributed by atoms with Gasteiger partial charge in [0.05, 0.1) is 10.0 Å². The van der Waals surface area contributed by atoms with Crippen molar-refractivity contribution in [2.24, 2.45) is 4.99 Å². The van der Waals surface area contributed by atoms with Gasteiger partial charge in [-0.2, -0.15) is 4.99 Å². The molecule has 0 bridgehead atoms. The molecule has 1 aromatic rings. The largest absolute Gasteiger partial charge is 0.454 e. The number of aliphatic imine (C=N–C) groups is 1. The van der Waals surface area contributed by atoms with Gasteiger partial charge in [0.1, 0.15) is 0 Å². The Morgan fingerprint density at radius 1 is 1.33 bits per heavy atom. The number of isocyanates is 1. The van der Waals surface area contributed by atoms with Crippen LogP contribution in [0, 0.1) is 0 Å². The standard InChI is InChI=1S/C16H18BrNO3/c1-10(2)13-11(16(18-8-19)5-3-4-6-16)7-12-15(14(13)17)21-9-20-12/h7,10H,3-6,9H2,1-2H3. The third kappa shape index (κ3) is 2.29. The number of fused-ring (bicyclic) bond motifs is 1. The minimum absolute atomic E-state index is 0.235. The maximum atomic E-state index is 11.0. The smallest absolute Gasteiger partial charge is 0.235 e. The first-order valence-corrected chi connectivity index (χ1v) is 8.10. The van der Waals surface area contributed by atoms with Crippen molar-refractivity contribution in [3.63, 3.8) is 0 Å². The fraction of sp³-hybridized carbons (Fsp3) is 0.562. The van der Waals surface area contributed by atoms with Crippen LogP contribution >= 0.6 is 15.9 Å². The minimum atomic E-state index is -0.454. The molecule has 1 aliphatic carbocycles. The van der Waals surface area contributed by atoms with E-state index < -0.39 is 5.54 Å². The fourth-order valence-corrected chi connectivity index (χ4v) is 4.44. The number of rotatable bonds is 3. The van der Waals surface area contributed by atoms with E-state index in [2.05, 4.69) is 34.8 Å². The Morgan fingerprint density at radius 3 is 2.67 bits per heavy atom. The van der Waals surface area contributed by atoms with Crippen LogP contribution in [0.2, 0.25) is 0 Å². The van der Waals surface area contributed by atoms with Crippen LogP contribution in [0.3, 0.4) is 0 Å². The van der Waals surface area contributed by atoms with Crippen LogP contribution in [0.4, 0.5) is 0 Å². The van der Waals surface area contributed by atoms with Gasteiger partial charge >= 0.3 is 0 Å². The summed E-state index contributed by atoms with van der Waals surface area (Å²) in [6.45, 7) is 4.51. The third-order valence-corrected chi connectivity index (χ3v) is 5.20. The molecule has 0 radical (unpaired) electrons. The predicted molar refractivity (Wildman–Crippen MR) is 82.6 cm³/mol. The van der Waals surface area contributed by atoms with Crippen molar-refractivity contribution in [3.05, 3.63) is 21.7 Å². The number of nitrogens with zero attached hydrogens (tertiary/aromatic N) is 1. The molecular formula is C16H18BrNO3. The summed E-state index contributed by atoms with van der Waals surface area (Å²) in [6, 6.07) is 2.01. The maximum absolute atomic E-state index is 11.0. The van der Waals surface area contributed by atoms with Gasteiger partial charge in [-0.25, -0.2) is 4.79 Å². The normalized spacial score (nSPS) is 18.9. The molecule has 2 aliphatic rings. The maximum Gasteiger partial charge on any atom is 0.235 e. The molecule has 3 rings (SSSR count). The molecule has 112 valence electrons. The van der Waals surface area contributed by atoms with Gasteiger partial charge in [-0.1, -0.05) is 26.7 Å². The van der Waals surface area contributed by atoms with Gasteiger partial charge < -0.3 is 9.47 Å². The Kier molecular flexibility index (Phi) is 3.80. The van der Waals surface area contributed by atoms with Crippen molar-refractivity contribution in [1.29, 1.82) is 0 Å². The van der Waals surface area contributed by atoms with Crippen molar-refractivity contribution in [2.45, 2.75) is 51.0 Å². The second-order valence-corrected chi connectivity index (χ2v) is 6.78. The van der Waals surface area contributed by atoms with Gasteiger partial charge in [0.15, 0.2) is 11.5 Å². The van der Waals surface area contributed by atoms with Crippen LogP contribution in [0.1, 0.15) is 56.6 Å². The van der Waals surface area contributed by atoms with Crippen LogP contribution in [0.25, 0.3) is 0 Å². The van der Waals surface area contributed by atoms with Crippen molar-refractivity contribution in [3.8, 4) is 11.5 Å². The number of carbonyl (C=O) groups excluding carboxylic acids is 1. The highest BCUT2D eigenvalue weighted by atomic mass is 79.9. The Balaban J connectivity index is 2.26. The van der Waals surface area contributed by atoms with Crippen LogP contribution in [0.5, 0.6) is 11.5 Å². The molecule has 21 heavy (non-hydrogen) atoms. The van der Waals surface area contributed by atoms with E-state index in [-0.39, 0.29) is 6.79 Å². The first-order chi connectivity index (χ1) is 10.1. The van der Waals surface area contributed by atoms with Gasteiger partial charge in [0.25, 0.3) is 0 Å². The molecule has 0 unspecified atom stereocenters. The lowest BCUT2D eigenvalue weighted by Gasteiger charge is -2.28. The second-order valence-electron chi connectivity index (χ2n) is 5.98. The van der Waals surface area contributed by atoms with Crippen LogP contribution in [-0.4, -0.2) is 12.9 Å². The fourth-order valence-electron chi connectivity index (χ4n) is 3.45. The number of benzene rings is 1. The molecule has 0 spiro atoms. The van der Waals surface area contributed by atoms with Crippen molar-refractivity contribution >= 4 is 22.0 Å². The number of hydrogen-bond donors (Lipinski definition) is 0. The Labute approximate surface area is 132 Å². The van der Waals surface area contributed by atoms with Crippen LogP contribution in [0.15, 0.2) is 15.5 Å². The monoisotopic (exact) mass is 351 g/mol. The SMILES string of the molecule is CC(C)c1c(C2(N=C=O)CCCC2)cc2c(c1Br)OCO2. The lowest BCUT2D eigenvalue weighted by atomic mass is 9.82. The molecule has 5 heteroatoms. The molecule has 1 fully saturated rings. The molecule has 1 aromatic carbocycles. The van der Waals surface area contributed by atoms with E-state index >= 15 is 0 Å². The van der Waals surface area contributed by atoms with Crippen molar-refractivity contribution in [2.75, 3.05) is 6.79 Å². The molecule has 1 saturated carbocycles. The zero-order valence-corrected chi connectivity index (χ0v) is 13.8. The first-order valence-electron chi connectivity index (χ1n) is 7.30. The third-order valence-electron chi connectivity index (χ3n) is 4.41. The average molecular weight is 352 g/mol. The van der Waals surface area contributed by atoms with E-state index in [1.807, 2.05) is 6.07 Å². The summed E-state index contributed by atoms with van der Waals surface area (Å²) < 4.78 is 12.0. The predicted octanol–water partition coefficient (Wildman–Crippen LogP) is 4.41. The van der Waals surface area contributed by atoms with Gasteiger partial charge in [-0.05, 0) is 51.9 Å². The van der Waals surface area contributed by atoms with E-state index in [9.17, 15) is 4.79 Å². The molecule has 1 heterocycles. The molecular weight excluding hydrogens is 334 g/mol. The Morgan fingerprint density at radius 2 is 2.05 bits per heavy atom. The first kappa shape index (κ1) is 14.6. The Hall–Kier alpha value is -1.32. The molecule has 4 nitrogen and oxygen atoms in total. The summed E-state index contributed by atoms with van der Waals surface area (Å²) in [5.74, 6) is 1.78. The van der Waals surface area contributed by atoms with Crippen molar-refractivity contribution in [1.82, 2.24) is 0 Å². The summed E-state index contributed by atoms with van der Waals surface area (Å²) >= 11 is 3.66. The summed E-state index contributed by atoms with van der Waals surface area (Å²) in [5, 5.41) is 0. The highest BCUT2D eigenvalue weighted by Crippen LogP contribution is 2.52. The number of halogens is 1. The zero-order chi connectivity index (χ0) is 15.0. The highest BCUT2D eigenvalue weighted by molar-refractivity contribution is 9.10. The van der Waals surface area contributed by atoms with E-state index in [4.69, 9.17) is 9.47 Å². The average Bonchev–Trinajstić information content (AvgIpc) is 3.07. The second kappa shape index (κ2) is 5.47. The molecule has 0 saturated heterocycles. The zero-order valence-electron chi connectivity index (χ0n) is 12.2. The molecule has 0 N–H and O–H groups in total.